The highest BCUT2D eigenvalue weighted by molar-refractivity contribution is 7.12. The van der Waals surface area contributed by atoms with E-state index in [1.807, 2.05) is 6.92 Å². The first kappa shape index (κ1) is 12.6. The number of pyridine rings is 1. The van der Waals surface area contributed by atoms with Crippen molar-refractivity contribution in [1.29, 1.82) is 0 Å². The number of anilines is 1. The molecule has 0 aromatic carbocycles. The normalized spacial score (nSPS) is 12.1. The van der Waals surface area contributed by atoms with Crippen LogP contribution in [0.5, 0.6) is 0 Å². The Kier molecular flexibility index (Phi) is 3.62. The second kappa shape index (κ2) is 5.18. The molecule has 0 aliphatic carbocycles. The van der Waals surface area contributed by atoms with Crippen molar-refractivity contribution in [3.63, 3.8) is 0 Å². The number of carbonyl (C=O) groups excluding carboxylic acids is 1. The van der Waals surface area contributed by atoms with Crippen molar-refractivity contribution in [3.8, 4) is 0 Å². The van der Waals surface area contributed by atoms with Gasteiger partial charge in [0.05, 0.1) is 11.6 Å². The molecule has 0 spiro atoms. The maximum Gasteiger partial charge on any atom is 0.252 e. The molecule has 0 saturated heterocycles. The number of aryl methyl sites for hydroxylation is 1. The number of carbonyl (C=O) groups is 1. The van der Waals surface area contributed by atoms with Gasteiger partial charge < -0.3 is 11.1 Å². The number of primary amides is 1. The average Bonchev–Trinajstić information content (AvgIpc) is 2.76. The molecule has 18 heavy (non-hydrogen) atoms. The lowest BCUT2D eigenvalue weighted by Crippen LogP contribution is -2.16. The minimum atomic E-state index is -0.472. The van der Waals surface area contributed by atoms with Gasteiger partial charge in [-0.3, -0.25) is 4.79 Å². The Morgan fingerprint density at radius 2 is 2.22 bits per heavy atom. The van der Waals surface area contributed by atoms with Crippen LogP contribution in [0.4, 0.5) is 5.82 Å². The zero-order valence-electron chi connectivity index (χ0n) is 10.3. The fourth-order valence-electron chi connectivity index (χ4n) is 1.68. The van der Waals surface area contributed by atoms with Crippen molar-refractivity contribution in [3.05, 3.63) is 45.8 Å². The smallest absolute Gasteiger partial charge is 0.252 e. The minimum absolute atomic E-state index is 0.0942. The van der Waals surface area contributed by atoms with Crippen LogP contribution in [0.25, 0.3) is 0 Å². The van der Waals surface area contributed by atoms with Crippen LogP contribution in [0.15, 0.2) is 30.5 Å². The molecule has 1 unspecified atom stereocenters. The number of aromatic nitrogens is 1. The fourth-order valence-corrected chi connectivity index (χ4v) is 2.56. The third-order valence-corrected chi connectivity index (χ3v) is 3.80. The molecule has 1 amide bonds. The first-order chi connectivity index (χ1) is 8.58. The highest BCUT2D eigenvalue weighted by atomic mass is 32.1. The fraction of sp³-hybridized carbons (Fsp3) is 0.231. The van der Waals surface area contributed by atoms with Gasteiger partial charge in [-0.05, 0) is 38.1 Å². The van der Waals surface area contributed by atoms with E-state index in [-0.39, 0.29) is 6.04 Å². The molecule has 5 heteroatoms. The summed E-state index contributed by atoms with van der Waals surface area (Å²) in [6.45, 7) is 4.10. The number of hydrogen-bond donors (Lipinski definition) is 2. The van der Waals surface area contributed by atoms with Gasteiger partial charge in [0.1, 0.15) is 5.82 Å². The van der Waals surface area contributed by atoms with Gasteiger partial charge in [0.2, 0.25) is 0 Å². The maximum absolute atomic E-state index is 11.3. The average molecular weight is 261 g/mol. The Morgan fingerprint density at radius 3 is 2.83 bits per heavy atom. The van der Waals surface area contributed by atoms with E-state index >= 15 is 0 Å². The van der Waals surface area contributed by atoms with Crippen LogP contribution in [0, 0.1) is 6.92 Å². The monoisotopic (exact) mass is 261 g/mol. The largest absolute Gasteiger partial charge is 0.365 e. The van der Waals surface area contributed by atoms with Gasteiger partial charge in [0.25, 0.3) is 5.91 Å². The van der Waals surface area contributed by atoms with E-state index < -0.39 is 5.91 Å². The molecule has 4 nitrogen and oxygen atoms in total. The first-order valence-corrected chi connectivity index (χ1v) is 6.47. The molecule has 1 atom stereocenters. The van der Waals surface area contributed by atoms with Gasteiger partial charge in [-0.2, -0.15) is 0 Å². The summed E-state index contributed by atoms with van der Waals surface area (Å²) in [6.07, 6.45) is 1.64. The van der Waals surface area contributed by atoms with Crippen LogP contribution in [-0.4, -0.2) is 10.9 Å². The summed E-state index contributed by atoms with van der Waals surface area (Å²) in [7, 11) is 0. The summed E-state index contributed by atoms with van der Waals surface area (Å²) in [5.74, 6) is 0.0590. The van der Waals surface area contributed by atoms with Crippen LogP contribution in [-0.2, 0) is 0 Å². The molecule has 0 bridgehead atoms. The topological polar surface area (TPSA) is 68.0 Å². The number of rotatable bonds is 4. The number of thiophene rings is 1. The van der Waals surface area contributed by atoms with Crippen molar-refractivity contribution < 1.29 is 4.79 Å². The number of nitrogens with two attached hydrogens (primary N) is 1. The molecule has 0 aliphatic heterocycles. The number of nitrogens with zero attached hydrogens (tertiary/aromatic N) is 1. The molecular formula is C13H15N3OS. The van der Waals surface area contributed by atoms with Gasteiger partial charge in [-0.1, -0.05) is 0 Å². The van der Waals surface area contributed by atoms with Crippen molar-refractivity contribution in [2.24, 2.45) is 5.73 Å². The lowest BCUT2D eigenvalue weighted by molar-refractivity contribution is 0.100. The maximum atomic E-state index is 11.3. The predicted molar refractivity (Wildman–Crippen MR) is 73.8 cm³/mol. The van der Waals surface area contributed by atoms with E-state index in [4.69, 9.17) is 5.73 Å². The van der Waals surface area contributed by atoms with E-state index in [1.165, 1.54) is 9.75 Å². The third-order valence-electron chi connectivity index (χ3n) is 2.61. The molecule has 2 aromatic rings. The molecule has 2 rings (SSSR count). The standard InChI is InChI=1S/C13H15N3OS/c1-8-5-6-11(18-8)9(2)16-13-10(12(14)17)4-3-7-15-13/h3-7,9H,1-2H3,(H2,14,17)(H,15,16). The molecule has 0 aliphatic rings. The molecule has 0 radical (unpaired) electrons. The predicted octanol–water partition coefficient (Wildman–Crippen LogP) is 2.72. The summed E-state index contributed by atoms with van der Waals surface area (Å²) in [4.78, 5) is 17.9. The summed E-state index contributed by atoms with van der Waals surface area (Å²) in [5.41, 5.74) is 5.73. The Balaban J connectivity index is 2.21. The SMILES string of the molecule is Cc1ccc(C(C)Nc2ncccc2C(N)=O)s1. The van der Waals surface area contributed by atoms with E-state index in [2.05, 4.69) is 29.4 Å². The highest BCUT2D eigenvalue weighted by Crippen LogP contribution is 2.26. The van der Waals surface area contributed by atoms with Gasteiger partial charge in [0, 0.05) is 16.0 Å². The zero-order chi connectivity index (χ0) is 13.1. The van der Waals surface area contributed by atoms with Gasteiger partial charge in [0.15, 0.2) is 0 Å². The lowest BCUT2D eigenvalue weighted by atomic mass is 10.2. The summed E-state index contributed by atoms with van der Waals surface area (Å²) in [5, 5.41) is 3.22. The van der Waals surface area contributed by atoms with Gasteiger partial charge in [-0.15, -0.1) is 11.3 Å². The van der Waals surface area contributed by atoms with Crippen molar-refractivity contribution >= 4 is 23.1 Å². The highest BCUT2D eigenvalue weighted by Gasteiger charge is 2.13. The van der Waals surface area contributed by atoms with E-state index in [0.717, 1.165) is 0 Å². The molecule has 0 saturated carbocycles. The molecule has 2 heterocycles. The van der Waals surface area contributed by atoms with Crippen LogP contribution < -0.4 is 11.1 Å². The first-order valence-electron chi connectivity index (χ1n) is 5.65. The van der Waals surface area contributed by atoms with E-state index in [0.29, 0.717) is 11.4 Å². The number of hydrogen-bond acceptors (Lipinski definition) is 4. The van der Waals surface area contributed by atoms with Crippen molar-refractivity contribution in [2.75, 3.05) is 5.32 Å². The zero-order valence-corrected chi connectivity index (χ0v) is 11.1. The van der Waals surface area contributed by atoms with Crippen LogP contribution in [0.2, 0.25) is 0 Å². The Morgan fingerprint density at radius 1 is 1.44 bits per heavy atom. The Labute approximate surface area is 110 Å². The van der Waals surface area contributed by atoms with E-state index in [9.17, 15) is 4.79 Å². The summed E-state index contributed by atoms with van der Waals surface area (Å²) >= 11 is 1.72. The quantitative estimate of drug-likeness (QED) is 0.889. The summed E-state index contributed by atoms with van der Waals surface area (Å²) < 4.78 is 0. The number of amides is 1. The Bertz CT molecular complexity index is 565. The van der Waals surface area contributed by atoms with Crippen LogP contribution >= 0.6 is 11.3 Å². The molecular weight excluding hydrogens is 246 g/mol. The second-order valence-corrected chi connectivity index (χ2v) is 5.40. The van der Waals surface area contributed by atoms with Gasteiger partial charge >= 0.3 is 0 Å². The van der Waals surface area contributed by atoms with Crippen LogP contribution in [0.3, 0.4) is 0 Å². The lowest BCUT2D eigenvalue weighted by Gasteiger charge is -2.14. The van der Waals surface area contributed by atoms with Crippen molar-refractivity contribution in [2.45, 2.75) is 19.9 Å². The van der Waals surface area contributed by atoms with Crippen LogP contribution in [0.1, 0.15) is 33.1 Å². The van der Waals surface area contributed by atoms with E-state index in [1.54, 1.807) is 29.7 Å². The minimum Gasteiger partial charge on any atom is -0.365 e. The molecule has 94 valence electrons. The van der Waals surface area contributed by atoms with Crippen molar-refractivity contribution in [1.82, 2.24) is 4.98 Å². The molecule has 3 N–H and O–H groups in total. The number of nitrogens with one attached hydrogen (secondary N) is 1. The molecule has 2 aromatic heterocycles. The molecule has 0 fully saturated rings. The summed E-state index contributed by atoms with van der Waals surface area (Å²) in [6, 6.07) is 7.61. The second-order valence-electron chi connectivity index (χ2n) is 4.08. The van der Waals surface area contributed by atoms with Gasteiger partial charge in [-0.25, -0.2) is 4.98 Å². The third kappa shape index (κ3) is 2.68. The Hall–Kier alpha value is -1.88.